The molecule has 0 unspecified atom stereocenters. The van der Waals surface area contributed by atoms with E-state index in [2.05, 4.69) is 25.4 Å². The van der Waals surface area contributed by atoms with E-state index in [1.807, 2.05) is 6.92 Å². The first kappa shape index (κ1) is 12.0. The molecule has 0 spiro atoms. The van der Waals surface area contributed by atoms with Crippen molar-refractivity contribution in [3.63, 3.8) is 0 Å². The number of aromatic nitrogens is 3. The number of nitrogens with one attached hydrogen (secondary N) is 2. The van der Waals surface area contributed by atoms with Gasteiger partial charge in [0.2, 0.25) is 5.91 Å². The van der Waals surface area contributed by atoms with Crippen LogP contribution in [0.5, 0.6) is 0 Å². The molecule has 17 heavy (non-hydrogen) atoms. The summed E-state index contributed by atoms with van der Waals surface area (Å²) in [5, 5.41) is 9.66. The lowest BCUT2D eigenvalue weighted by Gasteiger charge is -2.21. The number of likely N-dealkylation sites (tertiary alicyclic amines) is 1. The van der Waals surface area contributed by atoms with Crippen LogP contribution in [-0.2, 0) is 4.79 Å². The number of aromatic amines is 1. The molecule has 0 bridgehead atoms. The predicted octanol–water partition coefficient (Wildman–Crippen LogP) is 0.468. The zero-order valence-corrected chi connectivity index (χ0v) is 10.1. The van der Waals surface area contributed by atoms with Crippen molar-refractivity contribution < 1.29 is 4.79 Å². The standard InChI is InChI=1S/C11H19N5O/c1-2-5-12-10(17)7-16-6-3-4-9(16)11-13-8-14-15-11/h8-9H,2-7H2,1H3,(H,12,17)(H,13,14,15)/t9-/m1/s1. The molecule has 1 fully saturated rings. The molecule has 0 saturated carbocycles. The zero-order valence-electron chi connectivity index (χ0n) is 10.1. The van der Waals surface area contributed by atoms with E-state index in [1.165, 1.54) is 6.33 Å². The summed E-state index contributed by atoms with van der Waals surface area (Å²) in [7, 11) is 0. The molecule has 1 atom stereocenters. The highest BCUT2D eigenvalue weighted by Gasteiger charge is 2.29. The van der Waals surface area contributed by atoms with Crippen LogP contribution >= 0.6 is 0 Å². The number of hydrogen-bond acceptors (Lipinski definition) is 4. The summed E-state index contributed by atoms with van der Waals surface area (Å²) in [5.74, 6) is 0.962. The van der Waals surface area contributed by atoms with Crippen LogP contribution in [0.15, 0.2) is 6.33 Å². The van der Waals surface area contributed by atoms with Crippen LogP contribution in [0, 0.1) is 0 Å². The molecule has 0 radical (unpaired) electrons. The number of nitrogens with zero attached hydrogens (tertiary/aromatic N) is 3. The molecule has 0 aromatic carbocycles. The second kappa shape index (κ2) is 5.77. The lowest BCUT2D eigenvalue weighted by Crippen LogP contribution is -2.37. The minimum atomic E-state index is 0.0956. The van der Waals surface area contributed by atoms with Gasteiger partial charge in [0.25, 0.3) is 0 Å². The van der Waals surface area contributed by atoms with E-state index in [0.29, 0.717) is 6.54 Å². The SMILES string of the molecule is CCCNC(=O)CN1CCC[C@@H]1c1ncn[nH]1. The molecule has 94 valence electrons. The fraction of sp³-hybridized carbons (Fsp3) is 0.727. The molecule has 1 aromatic heterocycles. The van der Waals surface area contributed by atoms with Gasteiger partial charge in [-0.25, -0.2) is 4.98 Å². The van der Waals surface area contributed by atoms with Crippen molar-refractivity contribution >= 4 is 5.91 Å². The van der Waals surface area contributed by atoms with E-state index in [1.54, 1.807) is 0 Å². The van der Waals surface area contributed by atoms with Crippen molar-refractivity contribution in [2.45, 2.75) is 32.2 Å². The monoisotopic (exact) mass is 237 g/mol. The van der Waals surface area contributed by atoms with Crippen LogP contribution in [0.4, 0.5) is 0 Å². The molecule has 6 heteroatoms. The molecule has 2 heterocycles. The number of rotatable bonds is 5. The Morgan fingerprint density at radius 1 is 1.71 bits per heavy atom. The Bertz CT molecular complexity index is 351. The van der Waals surface area contributed by atoms with E-state index in [9.17, 15) is 4.79 Å². The largest absolute Gasteiger partial charge is 0.355 e. The average molecular weight is 237 g/mol. The van der Waals surface area contributed by atoms with Gasteiger partial charge in [-0.1, -0.05) is 6.92 Å². The second-order valence-corrected chi connectivity index (χ2v) is 4.35. The highest BCUT2D eigenvalue weighted by molar-refractivity contribution is 5.78. The Hall–Kier alpha value is -1.43. The quantitative estimate of drug-likeness (QED) is 0.780. The number of amides is 1. The second-order valence-electron chi connectivity index (χ2n) is 4.35. The van der Waals surface area contributed by atoms with Crippen molar-refractivity contribution in [3.8, 4) is 0 Å². The van der Waals surface area contributed by atoms with E-state index >= 15 is 0 Å². The summed E-state index contributed by atoms with van der Waals surface area (Å²) in [4.78, 5) is 18.0. The summed E-state index contributed by atoms with van der Waals surface area (Å²) >= 11 is 0. The molecule has 1 aromatic rings. The molecule has 1 amide bonds. The van der Waals surface area contributed by atoms with Gasteiger partial charge < -0.3 is 5.32 Å². The van der Waals surface area contributed by atoms with E-state index in [-0.39, 0.29) is 11.9 Å². The fourth-order valence-corrected chi connectivity index (χ4v) is 2.21. The maximum Gasteiger partial charge on any atom is 0.234 e. The molecular weight excluding hydrogens is 218 g/mol. The highest BCUT2D eigenvalue weighted by Crippen LogP contribution is 2.28. The van der Waals surface area contributed by atoms with Gasteiger partial charge in [0.15, 0.2) is 0 Å². The number of H-pyrrole nitrogens is 1. The summed E-state index contributed by atoms with van der Waals surface area (Å²) in [5.41, 5.74) is 0. The van der Waals surface area contributed by atoms with Crippen molar-refractivity contribution in [1.82, 2.24) is 25.4 Å². The minimum Gasteiger partial charge on any atom is -0.355 e. The molecule has 1 aliphatic rings. The van der Waals surface area contributed by atoms with Crippen LogP contribution in [0.25, 0.3) is 0 Å². The van der Waals surface area contributed by atoms with Gasteiger partial charge in [-0.3, -0.25) is 14.8 Å². The Labute approximate surface area is 101 Å². The minimum absolute atomic E-state index is 0.0956. The van der Waals surface area contributed by atoms with E-state index < -0.39 is 0 Å². The van der Waals surface area contributed by atoms with Crippen LogP contribution in [0.2, 0.25) is 0 Å². The first-order valence-electron chi connectivity index (χ1n) is 6.17. The number of carbonyl (C=O) groups excluding carboxylic acids is 1. The number of hydrogen-bond donors (Lipinski definition) is 2. The van der Waals surface area contributed by atoms with Crippen molar-refractivity contribution in [2.75, 3.05) is 19.6 Å². The smallest absolute Gasteiger partial charge is 0.234 e. The third kappa shape index (κ3) is 3.03. The van der Waals surface area contributed by atoms with Crippen LogP contribution in [0.1, 0.15) is 38.1 Å². The van der Waals surface area contributed by atoms with Gasteiger partial charge in [0.05, 0.1) is 12.6 Å². The van der Waals surface area contributed by atoms with Crippen molar-refractivity contribution in [1.29, 1.82) is 0 Å². The first-order valence-corrected chi connectivity index (χ1v) is 6.17. The topological polar surface area (TPSA) is 73.9 Å². The zero-order chi connectivity index (χ0) is 12.1. The van der Waals surface area contributed by atoms with Crippen molar-refractivity contribution in [3.05, 3.63) is 12.2 Å². The van der Waals surface area contributed by atoms with Gasteiger partial charge >= 0.3 is 0 Å². The molecule has 1 saturated heterocycles. The molecule has 6 nitrogen and oxygen atoms in total. The average Bonchev–Trinajstić information content (AvgIpc) is 2.95. The van der Waals surface area contributed by atoms with Gasteiger partial charge in [0.1, 0.15) is 12.2 Å². The molecule has 0 aliphatic carbocycles. The lowest BCUT2D eigenvalue weighted by molar-refractivity contribution is -0.122. The van der Waals surface area contributed by atoms with E-state index in [4.69, 9.17) is 0 Å². The predicted molar refractivity (Wildman–Crippen MR) is 63.2 cm³/mol. The summed E-state index contributed by atoms with van der Waals surface area (Å²) in [6.07, 6.45) is 4.63. The lowest BCUT2D eigenvalue weighted by atomic mass is 10.2. The van der Waals surface area contributed by atoms with Gasteiger partial charge in [-0.15, -0.1) is 0 Å². The highest BCUT2D eigenvalue weighted by atomic mass is 16.2. The van der Waals surface area contributed by atoms with E-state index in [0.717, 1.165) is 38.2 Å². The Balaban J connectivity index is 1.89. The van der Waals surface area contributed by atoms with Crippen molar-refractivity contribution in [2.24, 2.45) is 0 Å². The summed E-state index contributed by atoms with van der Waals surface area (Å²) in [6.45, 7) is 4.20. The van der Waals surface area contributed by atoms with Gasteiger partial charge in [0, 0.05) is 6.54 Å². The molecule has 2 N–H and O–H groups in total. The first-order chi connectivity index (χ1) is 8.31. The Morgan fingerprint density at radius 3 is 3.29 bits per heavy atom. The van der Waals surface area contributed by atoms with Crippen LogP contribution in [-0.4, -0.2) is 45.6 Å². The molecule has 2 rings (SSSR count). The normalized spacial score (nSPS) is 20.6. The third-order valence-electron chi connectivity index (χ3n) is 3.03. The maximum absolute atomic E-state index is 11.7. The van der Waals surface area contributed by atoms with Crippen LogP contribution < -0.4 is 5.32 Å². The summed E-state index contributed by atoms with van der Waals surface area (Å²) in [6, 6.07) is 0.213. The maximum atomic E-state index is 11.7. The number of carbonyl (C=O) groups is 1. The summed E-state index contributed by atoms with van der Waals surface area (Å²) < 4.78 is 0. The van der Waals surface area contributed by atoms with Gasteiger partial charge in [-0.05, 0) is 25.8 Å². The third-order valence-corrected chi connectivity index (χ3v) is 3.03. The molecular formula is C11H19N5O. The Morgan fingerprint density at radius 2 is 2.59 bits per heavy atom. The Kier molecular flexibility index (Phi) is 4.08. The van der Waals surface area contributed by atoms with Crippen LogP contribution in [0.3, 0.4) is 0 Å². The molecule has 1 aliphatic heterocycles. The fourth-order valence-electron chi connectivity index (χ4n) is 2.21. The van der Waals surface area contributed by atoms with Gasteiger partial charge in [-0.2, -0.15) is 5.10 Å².